The van der Waals surface area contributed by atoms with Gasteiger partial charge in [0.15, 0.2) is 0 Å². The van der Waals surface area contributed by atoms with Crippen molar-refractivity contribution in [2.24, 2.45) is 0 Å². The van der Waals surface area contributed by atoms with Crippen molar-refractivity contribution in [1.29, 1.82) is 0 Å². The fourth-order valence-corrected chi connectivity index (χ4v) is 1.74. The predicted octanol–water partition coefficient (Wildman–Crippen LogP) is 2.08. The van der Waals surface area contributed by atoms with Crippen molar-refractivity contribution in [1.82, 2.24) is 9.88 Å². The summed E-state index contributed by atoms with van der Waals surface area (Å²) in [6.45, 7) is 1.36. The van der Waals surface area contributed by atoms with Crippen molar-refractivity contribution in [2.45, 2.75) is 6.42 Å². The zero-order valence-corrected chi connectivity index (χ0v) is 10.7. The Balaban J connectivity index is 1.92. The van der Waals surface area contributed by atoms with Gasteiger partial charge in [-0.3, -0.25) is 0 Å². The summed E-state index contributed by atoms with van der Waals surface area (Å²) in [4.78, 5) is 16.9. The molecule has 4 nitrogen and oxygen atoms in total. The number of aromatic nitrogens is 1. The lowest BCUT2D eigenvalue weighted by Gasteiger charge is -2.09. The van der Waals surface area contributed by atoms with Crippen molar-refractivity contribution in [3.63, 3.8) is 0 Å². The average molecular weight is 245 g/mol. The van der Waals surface area contributed by atoms with Crippen molar-refractivity contribution >= 4 is 16.9 Å². The molecule has 1 N–H and O–H groups in total. The molecule has 0 spiro atoms. The van der Waals surface area contributed by atoms with Crippen LogP contribution in [0.1, 0.15) is 16.8 Å². The first-order valence-electron chi connectivity index (χ1n) is 5.97. The Hall–Kier alpha value is -1.81. The van der Waals surface area contributed by atoms with E-state index in [-0.39, 0.29) is 5.97 Å². The SMILES string of the molecule is CN(C)CCCOC(=O)c1ccc2[c]c[nH]c2c1. The van der Waals surface area contributed by atoms with E-state index in [0.29, 0.717) is 12.2 Å². The Morgan fingerprint density at radius 3 is 3.06 bits per heavy atom. The summed E-state index contributed by atoms with van der Waals surface area (Å²) < 4.78 is 5.21. The first-order valence-corrected chi connectivity index (χ1v) is 5.97. The highest BCUT2D eigenvalue weighted by Crippen LogP contribution is 2.14. The van der Waals surface area contributed by atoms with Gasteiger partial charge < -0.3 is 14.6 Å². The van der Waals surface area contributed by atoms with Crippen LogP contribution >= 0.6 is 0 Å². The standard InChI is InChI=1S/C14H17N2O2/c1-16(2)8-3-9-18-14(17)12-5-4-11-6-7-15-13(11)10-12/h4-5,7,10,15H,3,8-9H2,1-2H3. The molecule has 18 heavy (non-hydrogen) atoms. The third-order valence-corrected chi connectivity index (χ3v) is 2.69. The number of rotatable bonds is 5. The minimum atomic E-state index is -0.273. The lowest BCUT2D eigenvalue weighted by Crippen LogP contribution is -2.16. The molecule has 0 fully saturated rings. The fraction of sp³-hybridized carbons (Fsp3) is 0.357. The highest BCUT2D eigenvalue weighted by Gasteiger charge is 2.08. The van der Waals surface area contributed by atoms with Gasteiger partial charge >= 0.3 is 5.97 Å². The normalized spacial score (nSPS) is 11.1. The van der Waals surface area contributed by atoms with Crippen LogP contribution in [0, 0.1) is 6.07 Å². The molecular weight excluding hydrogens is 228 g/mol. The third kappa shape index (κ3) is 3.11. The molecule has 0 amide bonds. The molecule has 0 saturated heterocycles. The van der Waals surface area contributed by atoms with Crippen LogP contribution in [0.5, 0.6) is 0 Å². The first kappa shape index (κ1) is 12.6. The van der Waals surface area contributed by atoms with Gasteiger partial charge in [-0.1, -0.05) is 6.07 Å². The highest BCUT2D eigenvalue weighted by molar-refractivity contribution is 5.94. The maximum atomic E-state index is 11.8. The molecule has 1 aromatic heterocycles. The predicted molar refractivity (Wildman–Crippen MR) is 70.6 cm³/mol. The lowest BCUT2D eigenvalue weighted by atomic mass is 10.2. The van der Waals surface area contributed by atoms with Crippen LogP contribution < -0.4 is 0 Å². The molecule has 0 aliphatic carbocycles. The van der Waals surface area contributed by atoms with E-state index >= 15 is 0 Å². The lowest BCUT2D eigenvalue weighted by molar-refractivity contribution is 0.0493. The number of H-pyrrole nitrogens is 1. The van der Waals surface area contributed by atoms with Crippen molar-refractivity contribution in [3.8, 4) is 0 Å². The number of nitrogens with zero attached hydrogens (tertiary/aromatic N) is 1. The van der Waals surface area contributed by atoms with E-state index in [1.54, 1.807) is 18.3 Å². The van der Waals surface area contributed by atoms with Gasteiger partial charge in [-0.15, -0.1) is 0 Å². The summed E-state index contributed by atoms with van der Waals surface area (Å²) in [6, 6.07) is 8.46. The number of benzene rings is 1. The molecule has 0 bridgehead atoms. The number of hydrogen-bond donors (Lipinski definition) is 1. The van der Waals surface area contributed by atoms with E-state index in [9.17, 15) is 4.79 Å². The summed E-state index contributed by atoms with van der Waals surface area (Å²) in [7, 11) is 4.00. The molecule has 4 heteroatoms. The largest absolute Gasteiger partial charge is 0.462 e. The Morgan fingerprint density at radius 1 is 1.44 bits per heavy atom. The number of carbonyl (C=O) groups is 1. The van der Waals surface area contributed by atoms with Gasteiger partial charge in [-0.25, -0.2) is 4.79 Å². The second-order valence-electron chi connectivity index (χ2n) is 4.49. The van der Waals surface area contributed by atoms with Gasteiger partial charge in [0.25, 0.3) is 0 Å². The second kappa shape index (κ2) is 5.69. The molecule has 2 aromatic rings. The third-order valence-electron chi connectivity index (χ3n) is 2.69. The van der Waals surface area contributed by atoms with Gasteiger partial charge in [0.2, 0.25) is 0 Å². The van der Waals surface area contributed by atoms with Crippen LogP contribution in [0.15, 0.2) is 24.4 Å². The molecule has 1 aromatic carbocycles. The van der Waals surface area contributed by atoms with Crippen LogP contribution in [-0.4, -0.2) is 43.1 Å². The summed E-state index contributed by atoms with van der Waals surface area (Å²) >= 11 is 0. The van der Waals surface area contributed by atoms with Crippen molar-refractivity contribution in [3.05, 3.63) is 36.0 Å². The van der Waals surface area contributed by atoms with Crippen molar-refractivity contribution < 1.29 is 9.53 Å². The first-order chi connectivity index (χ1) is 8.66. The number of aromatic amines is 1. The zero-order chi connectivity index (χ0) is 13.0. The van der Waals surface area contributed by atoms with E-state index in [2.05, 4.69) is 16.0 Å². The van der Waals surface area contributed by atoms with Crippen LogP contribution in [0.3, 0.4) is 0 Å². The minimum Gasteiger partial charge on any atom is -0.462 e. The molecule has 0 atom stereocenters. The van der Waals surface area contributed by atoms with E-state index < -0.39 is 0 Å². The van der Waals surface area contributed by atoms with Crippen LogP contribution in [0.25, 0.3) is 10.9 Å². The number of ether oxygens (including phenoxy) is 1. The van der Waals surface area contributed by atoms with E-state index in [1.165, 1.54) is 0 Å². The van der Waals surface area contributed by atoms with Crippen LogP contribution in [0.2, 0.25) is 0 Å². The summed E-state index contributed by atoms with van der Waals surface area (Å²) in [5, 5.41) is 0.971. The topological polar surface area (TPSA) is 45.3 Å². The fourth-order valence-electron chi connectivity index (χ4n) is 1.74. The molecule has 1 heterocycles. The number of hydrogen-bond acceptors (Lipinski definition) is 3. The van der Waals surface area contributed by atoms with Gasteiger partial charge in [0.1, 0.15) is 0 Å². The Kier molecular flexibility index (Phi) is 3.99. The van der Waals surface area contributed by atoms with Crippen molar-refractivity contribution in [2.75, 3.05) is 27.2 Å². The van der Waals surface area contributed by atoms with Gasteiger partial charge in [0.05, 0.1) is 12.2 Å². The van der Waals surface area contributed by atoms with Gasteiger partial charge in [0, 0.05) is 29.7 Å². The summed E-state index contributed by atoms with van der Waals surface area (Å²) in [6.07, 6.45) is 2.58. The number of esters is 1. The molecule has 2 rings (SSSR count). The van der Waals surface area contributed by atoms with E-state index in [0.717, 1.165) is 23.9 Å². The molecule has 0 aliphatic heterocycles. The maximum absolute atomic E-state index is 11.8. The Bertz CT molecular complexity index is 531. The smallest absolute Gasteiger partial charge is 0.338 e. The molecule has 1 radical (unpaired) electrons. The molecule has 0 unspecified atom stereocenters. The molecule has 95 valence electrons. The summed E-state index contributed by atoms with van der Waals surface area (Å²) in [5.41, 5.74) is 1.47. The summed E-state index contributed by atoms with van der Waals surface area (Å²) in [5.74, 6) is -0.273. The second-order valence-corrected chi connectivity index (χ2v) is 4.49. The quantitative estimate of drug-likeness (QED) is 0.648. The Morgan fingerprint density at radius 2 is 2.28 bits per heavy atom. The van der Waals surface area contributed by atoms with Gasteiger partial charge in [-0.2, -0.15) is 0 Å². The monoisotopic (exact) mass is 245 g/mol. The van der Waals surface area contributed by atoms with E-state index in [1.807, 2.05) is 20.2 Å². The molecule has 0 aliphatic rings. The minimum absolute atomic E-state index is 0.273. The number of fused-ring (bicyclic) bond motifs is 1. The average Bonchev–Trinajstić information content (AvgIpc) is 2.81. The zero-order valence-electron chi connectivity index (χ0n) is 10.7. The van der Waals surface area contributed by atoms with Gasteiger partial charge in [-0.05, 0) is 32.6 Å². The number of carbonyl (C=O) groups excluding carboxylic acids is 1. The molecule has 0 saturated carbocycles. The van der Waals surface area contributed by atoms with E-state index in [4.69, 9.17) is 4.74 Å². The number of nitrogens with one attached hydrogen (secondary N) is 1. The van der Waals surface area contributed by atoms with Crippen LogP contribution in [-0.2, 0) is 4.74 Å². The van der Waals surface area contributed by atoms with Crippen LogP contribution in [0.4, 0.5) is 0 Å². The Labute approximate surface area is 107 Å². The highest BCUT2D eigenvalue weighted by atomic mass is 16.5. The maximum Gasteiger partial charge on any atom is 0.338 e. The molecular formula is C14H17N2O2.